The van der Waals surface area contributed by atoms with Gasteiger partial charge in [0.2, 0.25) is 0 Å². The van der Waals surface area contributed by atoms with Crippen molar-refractivity contribution < 1.29 is 48.1 Å². The van der Waals surface area contributed by atoms with E-state index >= 15 is 0 Å². The minimum Gasteiger partial charge on any atom is -0.490 e. The zero-order chi connectivity index (χ0) is 37.0. The minimum atomic E-state index is -0.488. The number of hydrogen-bond acceptors (Lipinski definition) is 13. The zero-order valence-corrected chi connectivity index (χ0v) is 30.2. The van der Waals surface area contributed by atoms with E-state index in [1.54, 1.807) is 19.2 Å². The summed E-state index contributed by atoms with van der Waals surface area (Å²) in [7, 11) is 1.71. The summed E-state index contributed by atoms with van der Waals surface area (Å²) in [6, 6.07) is 20.7. The van der Waals surface area contributed by atoms with E-state index in [1.807, 2.05) is 42.5 Å². The van der Waals surface area contributed by atoms with Gasteiger partial charge in [-0.25, -0.2) is 4.39 Å². The summed E-state index contributed by atoms with van der Waals surface area (Å²) in [5.41, 5.74) is 3.88. The molecule has 13 nitrogen and oxygen atoms in total. The average molecular weight is 739 g/mol. The van der Waals surface area contributed by atoms with Crippen LogP contribution < -0.4 is 24.6 Å². The number of esters is 1. The second kappa shape index (κ2) is 19.3. The normalized spacial score (nSPS) is 21.4. The zero-order valence-electron chi connectivity index (χ0n) is 30.2. The Balaban J connectivity index is 1.13. The van der Waals surface area contributed by atoms with Crippen molar-refractivity contribution in [1.29, 1.82) is 0 Å². The van der Waals surface area contributed by atoms with E-state index in [2.05, 4.69) is 26.0 Å². The summed E-state index contributed by atoms with van der Waals surface area (Å²) < 4.78 is 44.1. The maximum Gasteiger partial charge on any atom is 0.306 e. The number of hydrogen-bond donors (Lipinski definition) is 3. The summed E-state index contributed by atoms with van der Waals surface area (Å²) in [5.74, 6) is 0.740. The van der Waals surface area contributed by atoms with Crippen LogP contribution in [-0.4, -0.2) is 106 Å². The fourth-order valence-corrected chi connectivity index (χ4v) is 7.25. The van der Waals surface area contributed by atoms with Gasteiger partial charge in [-0.3, -0.25) is 20.0 Å². The van der Waals surface area contributed by atoms with Crippen LogP contribution in [0.5, 0.6) is 11.5 Å². The second-order valence-corrected chi connectivity index (χ2v) is 13.6. The van der Waals surface area contributed by atoms with Crippen molar-refractivity contribution in [2.24, 2.45) is 0 Å². The molecule has 3 aromatic rings. The number of halogens is 1. The van der Waals surface area contributed by atoms with Gasteiger partial charge in [0, 0.05) is 64.3 Å². The molecular weight excluding hydrogens is 687 g/mol. The highest BCUT2D eigenvalue weighted by molar-refractivity contribution is 5.69. The molecule has 53 heavy (non-hydrogen) atoms. The molecule has 3 heterocycles. The first-order valence-electron chi connectivity index (χ1n) is 18.5. The van der Waals surface area contributed by atoms with Gasteiger partial charge in [0.15, 0.2) is 0 Å². The van der Waals surface area contributed by atoms with E-state index in [-0.39, 0.29) is 48.3 Å². The van der Waals surface area contributed by atoms with E-state index < -0.39 is 6.10 Å². The van der Waals surface area contributed by atoms with E-state index in [0.29, 0.717) is 52.3 Å². The van der Waals surface area contributed by atoms with Crippen LogP contribution in [0, 0.1) is 5.82 Å². The fraction of sp³-hybridized carbons (Fsp3) is 0.513. The van der Waals surface area contributed by atoms with Crippen LogP contribution in [0.3, 0.4) is 0 Å². The molecule has 14 heteroatoms. The Bertz CT molecular complexity index is 1600. The van der Waals surface area contributed by atoms with Crippen LogP contribution in [0.1, 0.15) is 49.1 Å². The smallest absolute Gasteiger partial charge is 0.306 e. The van der Waals surface area contributed by atoms with E-state index in [0.717, 1.165) is 66.5 Å². The minimum absolute atomic E-state index is 0.0334. The summed E-state index contributed by atoms with van der Waals surface area (Å²) in [6.07, 6.45) is 1.99. The van der Waals surface area contributed by atoms with Gasteiger partial charge in [0.1, 0.15) is 36.1 Å². The summed E-state index contributed by atoms with van der Waals surface area (Å²) in [4.78, 5) is 22.1. The number of methoxy groups -OCH3 is 1. The Morgan fingerprint density at radius 3 is 2.66 bits per heavy atom. The summed E-state index contributed by atoms with van der Waals surface area (Å²) in [5, 5.41) is 20.5. The maximum atomic E-state index is 13.8. The molecule has 4 unspecified atom stereocenters. The van der Waals surface area contributed by atoms with Gasteiger partial charge < -0.3 is 38.8 Å². The number of nitrogens with one attached hydrogen (secondary N) is 1. The monoisotopic (exact) mass is 738 g/mol. The molecule has 0 aromatic heterocycles. The largest absolute Gasteiger partial charge is 0.490 e. The number of carbonyl (C=O) groups is 1. The molecule has 6 rings (SSSR count). The van der Waals surface area contributed by atoms with Crippen molar-refractivity contribution in [3.8, 4) is 11.5 Å². The van der Waals surface area contributed by atoms with Gasteiger partial charge in [0.05, 0.1) is 43.5 Å². The molecule has 0 radical (unpaired) electrons. The average Bonchev–Trinajstić information content (AvgIpc) is 3.63. The highest BCUT2D eigenvalue weighted by Crippen LogP contribution is 2.35. The molecule has 0 saturated carbocycles. The molecule has 3 aliphatic heterocycles. The van der Waals surface area contributed by atoms with E-state index in [4.69, 9.17) is 34.1 Å². The van der Waals surface area contributed by atoms with Crippen LogP contribution in [0.25, 0.3) is 0 Å². The molecule has 0 bridgehead atoms. The first-order valence-corrected chi connectivity index (χ1v) is 18.5. The van der Waals surface area contributed by atoms with Crippen molar-refractivity contribution in [2.45, 2.75) is 62.9 Å². The first-order chi connectivity index (χ1) is 25.9. The Morgan fingerprint density at radius 1 is 1.00 bits per heavy atom. The number of rotatable bonds is 18. The molecule has 4 atom stereocenters. The molecule has 288 valence electrons. The van der Waals surface area contributed by atoms with Crippen LogP contribution in [-0.2, 0) is 30.4 Å². The van der Waals surface area contributed by atoms with Gasteiger partial charge in [0.25, 0.3) is 0 Å². The molecule has 3 aliphatic rings. The SMILES string of the molecule is COCCCN1CCOc2ccc(COC3CNCC(OC(=O)CCCCON(O)O)C3c3ccc(OC4CCN(c5cccc(F)c5)C4)cc3)cc21. The lowest BCUT2D eigenvalue weighted by Gasteiger charge is -2.38. The molecule has 3 aromatic carbocycles. The van der Waals surface area contributed by atoms with Crippen molar-refractivity contribution in [3.05, 3.63) is 83.7 Å². The topological polar surface area (TPSA) is 135 Å². The number of ether oxygens (including phenoxy) is 5. The van der Waals surface area contributed by atoms with E-state index in [9.17, 15) is 9.18 Å². The third-order valence-electron chi connectivity index (χ3n) is 9.87. The second-order valence-electron chi connectivity index (χ2n) is 13.6. The molecule has 3 N–H and O–H groups in total. The van der Waals surface area contributed by atoms with Crippen LogP contribution in [0.4, 0.5) is 15.8 Å². The predicted molar refractivity (Wildman–Crippen MR) is 194 cm³/mol. The third kappa shape index (κ3) is 11.0. The number of unbranched alkanes of at least 4 members (excludes halogenated alkanes) is 1. The lowest BCUT2D eigenvalue weighted by atomic mass is 9.85. The lowest BCUT2D eigenvalue weighted by Crippen LogP contribution is -2.51. The Morgan fingerprint density at radius 2 is 1.85 bits per heavy atom. The predicted octanol–water partition coefficient (Wildman–Crippen LogP) is 5.09. The molecule has 0 amide bonds. The molecule has 2 saturated heterocycles. The quantitative estimate of drug-likeness (QED) is 0.0911. The molecular formula is C39H51FN4O9. The van der Waals surface area contributed by atoms with Crippen LogP contribution >= 0.6 is 0 Å². The summed E-state index contributed by atoms with van der Waals surface area (Å²) in [6.45, 7) is 5.92. The van der Waals surface area contributed by atoms with Crippen LogP contribution in [0.15, 0.2) is 66.7 Å². The lowest BCUT2D eigenvalue weighted by molar-refractivity contribution is -0.492. The van der Waals surface area contributed by atoms with Crippen molar-refractivity contribution in [3.63, 3.8) is 0 Å². The van der Waals surface area contributed by atoms with Crippen molar-refractivity contribution >= 4 is 17.3 Å². The number of fused-ring (bicyclic) bond motifs is 1. The van der Waals surface area contributed by atoms with Gasteiger partial charge in [-0.05, 0) is 72.9 Å². The van der Waals surface area contributed by atoms with Crippen molar-refractivity contribution in [1.82, 2.24) is 10.7 Å². The number of nitrogens with zero attached hydrogens (tertiary/aromatic N) is 3. The van der Waals surface area contributed by atoms with Gasteiger partial charge in [-0.2, -0.15) is 0 Å². The van der Waals surface area contributed by atoms with Gasteiger partial charge in [-0.15, -0.1) is 0 Å². The number of benzene rings is 3. The number of piperidine rings is 1. The Labute approximate surface area is 309 Å². The number of anilines is 2. The number of carbonyl (C=O) groups excluding carboxylic acids is 1. The molecule has 0 spiro atoms. The fourth-order valence-electron chi connectivity index (χ4n) is 7.25. The van der Waals surface area contributed by atoms with Gasteiger partial charge >= 0.3 is 5.97 Å². The third-order valence-corrected chi connectivity index (χ3v) is 9.87. The van der Waals surface area contributed by atoms with Crippen LogP contribution in [0.2, 0.25) is 0 Å². The standard InChI is InChI=1S/C39H51FN4O9/c1-48-19-5-16-42-18-21-49-35-14-9-28(22-34(35)42)27-50-36-24-41-25-37(53-38(45)8-2-3-20-51-44(46)47)39(36)29-10-12-32(13-11-29)52-33-15-17-43(26-33)31-7-4-6-30(40)23-31/h4,6-7,9-14,22-23,33,36-37,39,41,46-47H,2-3,5,8,15-21,24-27H2,1H3. The Hall–Kier alpha value is -4.02. The highest BCUT2D eigenvalue weighted by Gasteiger charge is 2.38. The first kappa shape index (κ1) is 38.7. The van der Waals surface area contributed by atoms with Crippen molar-refractivity contribution in [2.75, 3.05) is 76.0 Å². The molecule has 2 fully saturated rings. The van der Waals surface area contributed by atoms with Gasteiger partial charge in [-0.1, -0.05) is 24.3 Å². The highest BCUT2D eigenvalue weighted by atomic mass is 19.1. The molecule has 0 aliphatic carbocycles. The summed E-state index contributed by atoms with van der Waals surface area (Å²) >= 11 is 0. The Kier molecular flexibility index (Phi) is 14.1. The van der Waals surface area contributed by atoms with E-state index in [1.165, 1.54) is 6.07 Å². The maximum absolute atomic E-state index is 13.8.